The normalized spacial score (nSPS) is 16.7. The number of nitrogen functional groups attached to an aromatic ring is 1. The highest BCUT2D eigenvalue weighted by Gasteiger charge is 2.28. The van der Waals surface area contributed by atoms with E-state index in [1.54, 1.807) is 0 Å². The summed E-state index contributed by atoms with van der Waals surface area (Å²) in [7, 11) is 0. The largest absolute Gasteiger partial charge is 0.463 e. The van der Waals surface area contributed by atoms with Gasteiger partial charge in [-0.15, -0.1) is 0 Å². The zero-order chi connectivity index (χ0) is 21.5. The Morgan fingerprint density at radius 2 is 2.17 bits per heavy atom. The molecule has 1 aliphatic heterocycles. The number of H-pyrrole nitrogens is 1. The third-order valence-electron chi connectivity index (χ3n) is 5.66. The van der Waals surface area contributed by atoms with Gasteiger partial charge in [-0.3, -0.25) is 9.69 Å². The minimum atomic E-state index is -0.223. The van der Waals surface area contributed by atoms with E-state index in [9.17, 15) is 10.1 Å². The number of aromatic amines is 1. The Morgan fingerprint density at radius 3 is 2.90 bits per heavy atom. The Bertz CT molecular complexity index is 918. The van der Waals surface area contributed by atoms with Crippen LogP contribution in [0.2, 0.25) is 0 Å². The number of hydrogen-bond donors (Lipinski definition) is 3. The van der Waals surface area contributed by atoms with Gasteiger partial charge in [-0.1, -0.05) is 19.8 Å². The van der Waals surface area contributed by atoms with Crippen molar-refractivity contribution < 1.29 is 9.53 Å². The average molecular weight is 414 g/mol. The number of nitrogens with one attached hydrogen (secondary N) is 1. The minimum absolute atomic E-state index is 0.116. The van der Waals surface area contributed by atoms with Gasteiger partial charge in [0.15, 0.2) is 5.82 Å². The number of primary amides is 1. The molecular formula is C21H31N7O2. The summed E-state index contributed by atoms with van der Waals surface area (Å²) in [4.78, 5) is 25.5. The molecule has 9 nitrogen and oxygen atoms in total. The average Bonchev–Trinajstić information content (AvgIpc) is 3.33. The molecule has 1 unspecified atom stereocenters. The van der Waals surface area contributed by atoms with Crippen molar-refractivity contribution in [3.05, 3.63) is 11.3 Å². The monoisotopic (exact) mass is 413 g/mol. The van der Waals surface area contributed by atoms with E-state index in [4.69, 9.17) is 16.2 Å². The molecule has 1 amide bonds. The molecule has 3 heterocycles. The minimum Gasteiger partial charge on any atom is -0.463 e. The highest BCUT2D eigenvalue weighted by molar-refractivity contribution is 5.89. The summed E-state index contributed by atoms with van der Waals surface area (Å²) in [6.45, 7) is 4.43. The standard InChI is InChI=1S/C21H31N7O2/c1-2-3-12-30-21-26-17-14(15(13-22)25-18(17)19(23)27-21)8-5-4-6-10-28-11-7-9-16(28)20(24)29/h16,25H,2-12H2,1H3,(H2,24,29)(H2,23,26,27). The summed E-state index contributed by atoms with van der Waals surface area (Å²) in [5.74, 6) is 0.0694. The Balaban J connectivity index is 1.61. The van der Waals surface area contributed by atoms with Gasteiger partial charge in [0.05, 0.1) is 12.6 Å². The Kier molecular flexibility index (Phi) is 7.46. The number of amides is 1. The van der Waals surface area contributed by atoms with Gasteiger partial charge in [0, 0.05) is 5.56 Å². The first kappa shape index (κ1) is 21.8. The van der Waals surface area contributed by atoms with Gasteiger partial charge in [0.25, 0.3) is 0 Å². The number of carbonyl (C=O) groups is 1. The second-order valence-corrected chi connectivity index (χ2v) is 7.81. The molecule has 1 saturated heterocycles. The van der Waals surface area contributed by atoms with Crippen molar-refractivity contribution in [2.24, 2.45) is 5.73 Å². The topological polar surface area (TPSA) is 147 Å². The molecule has 5 N–H and O–H groups in total. The first-order valence-corrected chi connectivity index (χ1v) is 10.8. The maximum atomic E-state index is 11.5. The molecule has 1 aliphatic rings. The lowest BCUT2D eigenvalue weighted by Gasteiger charge is -2.21. The van der Waals surface area contributed by atoms with Crippen LogP contribution in [0.4, 0.5) is 5.82 Å². The van der Waals surface area contributed by atoms with Crippen molar-refractivity contribution in [2.45, 2.75) is 64.3 Å². The molecular weight excluding hydrogens is 382 g/mol. The smallest absolute Gasteiger partial charge is 0.319 e. The van der Waals surface area contributed by atoms with E-state index in [1.165, 1.54) is 0 Å². The van der Waals surface area contributed by atoms with Gasteiger partial charge < -0.3 is 21.2 Å². The third-order valence-corrected chi connectivity index (χ3v) is 5.66. The molecule has 0 aromatic carbocycles. The molecule has 0 saturated carbocycles. The molecule has 0 bridgehead atoms. The summed E-state index contributed by atoms with van der Waals surface area (Å²) >= 11 is 0. The summed E-state index contributed by atoms with van der Waals surface area (Å²) < 4.78 is 5.62. The van der Waals surface area contributed by atoms with Crippen molar-refractivity contribution in [1.29, 1.82) is 5.26 Å². The predicted octanol–water partition coefficient (Wildman–Crippen LogP) is 2.25. The van der Waals surface area contributed by atoms with Crippen LogP contribution in [0.5, 0.6) is 6.01 Å². The van der Waals surface area contributed by atoms with E-state index < -0.39 is 0 Å². The van der Waals surface area contributed by atoms with Crippen LogP contribution in [-0.4, -0.2) is 51.5 Å². The number of hydrogen-bond acceptors (Lipinski definition) is 7. The van der Waals surface area contributed by atoms with Crippen molar-refractivity contribution >= 4 is 22.8 Å². The molecule has 9 heteroatoms. The number of nitrogens with two attached hydrogens (primary N) is 2. The van der Waals surface area contributed by atoms with E-state index in [-0.39, 0.29) is 18.0 Å². The zero-order valence-corrected chi connectivity index (χ0v) is 17.6. The lowest BCUT2D eigenvalue weighted by atomic mass is 10.1. The van der Waals surface area contributed by atoms with Gasteiger partial charge in [-0.05, 0) is 51.6 Å². The quantitative estimate of drug-likeness (QED) is 0.479. The van der Waals surface area contributed by atoms with Crippen LogP contribution in [0.3, 0.4) is 0 Å². The SMILES string of the molecule is CCCCOc1nc(N)c2[nH]c(C#N)c(CCCCCN3CCCC3C(N)=O)c2n1. The Hall–Kier alpha value is -2.86. The number of anilines is 1. The maximum Gasteiger partial charge on any atom is 0.319 e. The molecule has 0 spiro atoms. The number of aryl methyl sites for hydroxylation is 1. The van der Waals surface area contributed by atoms with Crippen LogP contribution >= 0.6 is 0 Å². The molecule has 1 atom stereocenters. The summed E-state index contributed by atoms with van der Waals surface area (Å²) in [6.07, 6.45) is 7.41. The lowest BCUT2D eigenvalue weighted by Crippen LogP contribution is -2.40. The van der Waals surface area contributed by atoms with E-state index >= 15 is 0 Å². The number of fused-ring (bicyclic) bond motifs is 1. The molecule has 0 radical (unpaired) electrons. The number of nitrogens with zero attached hydrogens (tertiary/aromatic N) is 4. The number of aromatic nitrogens is 3. The lowest BCUT2D eigenvalue weighted by molar-refractivity contribution is -0.122. The number of carbonyl (C=O) groups excluding carboxylic acids is 1. The molecule has 30 heavy (non-hydrogen) atoms. The molecule has 0 aliphatic carbocycles. The van der Waals surface area contributed by atoms with Crippen LogP contribution in [-0.2, 0) is 11.2 Å². The van der Waals surface area contributed by atoms with E-state index in [0.717, 1.165) is 63.6 Å². The molecule has 1 fully saturated rings. The molecule has 2 aromatic rings. The number of unbranched alkanes of at least 4 members (excludes halogenated alkanes) is 3. The van der Waals surface area contributed by atoms with Crippen molar-refractivity contribution in [1.82, 2.24) is 19.9 Å². The fourth-order valence-corrected chi connectivity index (χ4v) is 4.04. The fourth-order valence-electron chi connectivity index (χ4n) is 4.04. The first-order chi connectivity index (χ1) is 14.5. The molecule has 3 rings (SSSR count). The van der Waals surface area contributed by atoms with Crippen molar-refractivity contribution in [2.75, 3.05) is 25.4 Å². The highest BCUT2D eigenvalue weighted by atomic mass is 16.5. The second-order valence-electron chi connectivity index (χ2n) is 7.81. The number of nitriles is 1. The van der Waals surface area contributed by atoms with Crippen LogP contribution < -0.4 is 16.2 Å². The van der Waals surface area contributed by atoms with Crippen LogP contribution in [0.15, 0.2) is 0 Å². The Labute approximate surface area is 176 Å². The van der Waals surface area contributed by atoms with E-state index in [2.05, 4.69) is 32.8 Å². The predicted molar refractivity (Wildman–Crippen MR) is 115 cm³/mol. The highest BCUT2D eigenvalue weighted by Crippen LogP contribution is 2.27. The van der Waals surface area contributed by atoms with Gasteiger partial charge in [-0.25, -0.2) is 0 Å². The Morgan fingerprint density at radius 1 is 1.33 bits per heavy atom. The van der Waals surface area contributed by atoms with Gasteiger partial charge in [-0.2, -0.15) is 15.2 Å². The zero-order valence-electron chi connectivity index (χ0n) is 17.6. The summed E-state index contributed by atoms with van der Waals surface area (Å²) in [5, 5.41) is 9.53. The van der Waals surface area contributed by atoms with Gasteiger partial charge in [0.2, 0.25) is 5.91 Å². The van der Waals surface area contributed by atoms with Crippen molar-refractivity contribution in [3.63, 3.8) is 0 Å². The summed E-state index contributed by atoms with van der Waals surface area (Å²) in [6, 6.07) is 2.35. The van der Waals surface area contributed by atoms with Crippen LogP contribution in [0.25, 0.3) is 11.0 Å². The maximum absolute atomic E-state index is 11.5. The number of ether oxygens (including phenoxy) is 1. The van der Waals surface area contributed by atoms with Gasteiger partial charge in [0.1, 0.15) is 22.8 Å². The molecule has 162 valence electrons. The second kappa shape index (κ2) is 10.3. The summed E-state index contributed by atoms with van der Waals surface area (Å²) in [5.41, 5.74) is 14.1. The number of likely N-dealkylation sites (tertiary alicyclic amines) is 1. The fraction of sp³-hybridized carbons (Fsp3) is 0.619. The molecule has 2 aromatic heterocycles. The first-order valence-electron chi connectivity index (χ1n) is 10.8. The van der Waals surface area contributed by atoms with Crippen LogP contribution in [0.1, 0.15) is 63.1 Å². The van der Waals surface area contributed by atoms with Crippen LogP contribution in [0, 0.1) is 11.3 Å². The van der Waals surface area contributed by atoms with Crippen molar-refractivity contribution in [3.8, 4) is 12.1 Å². The third kappa shape index (κ3) is 5.00. The number of rotatable bonds is 11. The van der Waals surface area contributed by atoms with Gasteiger partial charge >= 0.3 is 6.01 Å². The van der Waals surface area contributed by atoms with E-state index in [1.807, 2.05) is 0 Å². The van der Waals surface area contributed by atoms with E-state index in [0.29, 0.717) is 35.6 Å².